The fourth-order valence-electron chi connectivity index (χ4n) is 5.95. The van der Waals surface area contributed by atoms with Gasteiger partial charge in [0.1, 0.15) is 23.3 Å². The summed E-state index contributed by atoms with van der Waals surface area (Å²) >= 11 is 0. The monoisotopic (exact) mass is 615 g/mol. The third kappa shape index (κ3) is 5.53. The number of carbonyl (C=O) groups is 1. The van der Waals surface area contributed by atoms with Crippen molar-refractivity contribution in [2.45, 2.75) is 63.1 Å². The van der Waals surface area contributed by atoms with Gasteiger partial charge in [-0.2, -0.15) is 15.3 Å². The zero-order valence-electron chi connectivity index (χ0n) is 25.2. The van der Waals surface area contributed by atoms with Crippen molar-refractivity contribution >= 4 is 28.6 Å². The SMILES string of the molecule is COC1(C(=O)N[C@@H](C)c2ccc(-n3cc(F)cn3)nc2)CCC(c2nc(Nc3cc(C)[nH]n3)c3cnn(C4COC4)c3n2)CC1. The predicted molar refractivity (Wildman–Crippen MR) is 161 cm³/mol. The number of carbonyl (C=O) groups excluding carboxylic acids is 1. The molecular weight excluding hydrogens is 581 g/mol. The first-order valence-electron chi connectivity index (χ1n) is 15.0. The van der Waals surface area contributed by atoms with Crippen LogP contribution < -0.4 is 10.6 Å². The van der Waals surface area contributed by atoms with Gasteiger partial charge in [-0.05, 0) is 51.2 Å². The average molecular weight is 616 g/mol. The molecule has 1 amide bonds. The Kier molecular flexibility index (Phi) is 7.49. The van der Waals surface area contributed by atoms with Crippen molar-refractivity contribution in [3.8, 4) is 5.82 Å². The van der Waals surface area contributed by atoms with Crippen LogP contribution in [0.5, 0.6) is 0 Å². The van der Waals surface area contributed by atoms with Crippen LogP contribution in [0.2, 0.25) is 0 Å². The number of hydrogen-bond donors (Lipinski definition) is 3. The van der Waals surface area contributed by atoms with Gasteiger partial charge < -0.3 is 20.1 Å². The van der Waals surface area contributed by atoms with Crippen LogP contribution in [-0.2, 0) is 14.3 Å². The van der Waals surface area contributed by atoms with Crippen LogP contribution in [0, 0.1) is 12.7 Å². The zero-order chi connectivity index (χ0) is 31.1. The summed E-state index contributed by atoms with van der Waals surface area (Å²) in [5, 5.41) is 23.1. The number of H-pyrrole nitrogens is 1. The Morgan fingerprint density at radius 3 is 2.62 bits per heavy atom. The van der Waals surface area contributed by atoms with Crippen LogP contribution in [0.4, 0.5) is 16.0 Å². The number of fused-ring (bicyclic) bond motifs is 1. The lowest BCUT2D eigenvalue weighted by molar-refractivity contribution is -0.148. The van der Waals surface area contributed by atoms with Gasteiger partial charge in [-0.25, -0.2) is 28.7 Å². The molecule has 1 aliphatic carbocycles. The van der Waals surface area contributed by atoms with E-state index in [4.69, 9.17) is 19.4 Å². The highest BCUT2D eigenvalue weighted by atomic mass is 19.1. The molecule has 1 saturated carbocycles. The Labute approximate surface area is 257 Å². The molecule has 3 N–H and O–H groups in total. The maximum Gasteiger partial charge on any atom is 0.252 e. The number of aryl methyl sites for hydroxylation is 1. The zero-order valence-corrected chi connectivity index (χ0v) is 25.2. The Bertz CT molecular complexity index is 1820. The molecule has 45 heavy (non-hydrogen) atoms. The first kappa shape index (κ1) is 29.0. The van der Waals surface area contributed by atoms with E-state index in [-0.39, 0.29) is 23.9 Å². The minimum atomic E-state index is -0.979. The van der Waals surface area contributed by atoms with E-state index < -0.39 is 11.4 Å². The summed E-state index contributed by atoms with van der Waals surface area (Å²) < 4.78 is 27.9. The first-order chi connectivity index (χ1) is 21.8. The molecule has 0 bridgehead atoms. The van der Waals surface area contributed by atoms with Crippen molar-refractivity contribution in [1.82, 2.24) is 50.0 Å². The molecule has 0 radical (unpaired) electrons. The number of pyridine rings is 1. The van der Waals surface area contributed by atoms with E-state index in [9.17, 15) is 9.18 Å². The molecule has 234 valence electrons. The average Bonchev–Trinajstić information content (AvgIpc) is 3.76. The molecule has 0 unspecified atom stereocenters. The molecular formula is C30H34FN11O3. The molecule has 5 aromatic heterocycles. The molecule has 2 aliphatic rings. The summed E-state index contributed by atoms with van der Waals surface area (Å²) in [5.41, 5.74) is 1.51. The van der Waals surface area contributed by atoms with E-state index in [1.54, 1.807) is 25.6 Å². The molecule has 2 fully saturated rings. The summed E-state index contributed by atoms with van der Waals surface area (Å²) in [6.45, 7) is 5.02. The fraction of sp³-hybridized carbons (Fsp3) is 0.433. The molecule has 1 aliphatic heterocycles. The van der Waals surface area contributed by atoms with Gasteiger partial charge in [0.05, 0.1) is 43.2 Å². The molecule has 0 aromatic carbocycles. The number of hydrogen-bond acceptors (Lipinski definition) is 10. The van der Waals surface area contributed by atoms with Crippen LogP contribution in [0.25, 0.3) is 16.9 Å². The van der Waals surface area contributed by atoms with E-state index in [0.717, 1.165) is 28.5 Å². The Hall–Kier alpha value is -4.76. The number of amides is 1. The topological polar surface area (TPSA) is 163 Å². The van der Waals surface area contributed by atoms with Crippen molar-refractivity contribution in [2.75, 3.05) is 25.6 Å². The van der Waals surface area contributed by atoms with Gasteiger partial charge in [0.2, 0.25) is 0 Å². The molecule has 1 saturated heterocycles. The van der Waals surface area contributed by atoms with Gasteiger partial charge in [0.25, 0.3) is 5.91 Å². The van der Waals surface area contributed by atoms with Gasteiger partial charge in [-0.3, -0.25) is 9.89 Å². The van der Waals surface area contributed by atoms with Crippen molar-refractivity contribution < 1.29 is 18.7 Å². The van der Waals surface area contributed by atoms with Gasteiger partial charge >= 0.3 is 0 Å². The number of methoxy groups -OCH3 is 1. The maximum atomic E-state index is 13.6. The summed E-state index contributed by atoms with van der Waals surface area (Å²) in [6.07, 6.45) is 8.16. The molecule has 0 spiro atoms. The molecule has 6 heterocycles. The fourth-order valence-corrected chi connectivity index (χ4v) is 5.95. The summed E-state index contributed by atoms with van der Waals surface area (Å²) in [5.74, 6) is 1.88. The third-order valence-electron chi connectivity index (χ3n) is 8.76. The third-order valence-corrected chi connectivity index (χ3v) is 8.76. The van der Waals surface area contributed by atoms with Gasteiger partial charge in [-0.1, -0.05) is 6.07 Å². The Morgan fingerprint density at radius 2 is 2.00 bits per heavy atom. The lowest BCUT2D eigenvalue weighted by Crippen LogP contribution is -2.50. The number of nitrogens with one attached hydrogen (secondary N) is 3. The predicted octanol–water partition coefficient (Wildman–Crippen LogP) is 3.81. The second-order valence-corrected chi connectivity index (χ2v) is 11.7. The molecule has 1 atom stereocenters. The van der Waals surface area contributed by atoms with Crippen LogP contribution in [0.15, 0.2) is 43.0 Å². The van der Waals surface area contributed by atoms with Crippen LogP contribution in [0.1, 0.15) is 67.7 Å². The lowest BCUT2D eigenvalue weighted by Gasteiger charge is -2.38. The van der Waals surface area contributed by atoms with Gasteiger partial charge in [-0.15, -0.1) is 0 Å². The summed E-state index contributed by atoms with van der Waals surface area (Å²) in [6, 6.07) is 5.30. The van der Waals surface area contributed by atoms with E-state index in [2.05, 4.69) is 36.0 Å². The minimum Gasteiger partial charge on any atom is -0.377 e. The highest BCUT2D eigenvalue weighted by molar-refractivity contribution is 5.88. The van der Waals surface area contributed by atoms with E-state index in [0.29, 0.717) is 62.2 Å². The molecule has 15 heteroatoms. The van der Waals surface area contributed by atoms with Crippen LogP contribution >= 0.6 is 0 Å². The molecule has 7 rings (SSSR count). The molecule has 5 aromatic rings. The Balaban J connectivity index is 1.07. The number of anilines is 2. The van der Waals surface area contributed by atoms with Crippen molar-refractivity contribution in [1.29, 1.82) is 0 Å². The minimum absolute atomic E-state index is 0.0224. The number of aromatic amines is 1. The smallest absolute Gasteiger partial charge is 0.252 e. The maximum absolute atomic E-state index is 13.6. The van der Waals surface area contributed by atoms with Crippen LogP contribution in [0.3, 0.4) is 0 Å². The number of ether oxygens (including phenoxy) is 2. The van der Waals surface area contributed by atoms with Crippen molar-refractivity contribution in [3.05, 3.63) is 65.9 Å². The highest BCUT2D eigenvalue weighted by Crippen LogP contribution is 2.40. The second kappa shape index (κ2) is 11.6. The van der Waals surface area contributed by atoms with E-state index in [1.807, 2.05) is 30.7 Å². The number of aromatic nitrogens is 9. The standard InChI is InChI=1S/C30H34FN11O3/c1-17-10-24(40-39-17)36-27-23-13-34-42(22-15-45-16-22)28(23)38-26(37-27)19-6-8-30(44-3,9-7-19)29(43)35-18(2)20-4-5-25(32-11-20)41-14-21(31)12-33-41/h4-5,10-14,18-19,22H,6-9,15-16H2,1-3H3,(H,35,43)(H2,36,37,38,39,40)/t18-,19?,30?/m0/s1. The normalized spacial score (nSPS) is 21.0. The lowest BCUT2D eigenvalue weighted by atomic mass is 9.77. The van der Waals surface area contributed by atoms with Crippen LogP contribution in [-0.4, -0.2) is 76.5 Å². The van der Waals surface area contributed by atoms with Gasteiger partial charge in [0.15, 0.2) is 23.1 Å². The van der Waals surface area contributed by atoms with Crippen molar-refractivity contribution in [2.24, 2.45) is 0 Å². The quantitative estimate of drug-likeness (QED) is 0.222. The molecule has 14 nitrogen and oxygen atoms in total. The number of halogens is 1. The van der Waals surface area contributed by atoms with Crippen molar-refractivity contribution in [3.63, 3.8) is 0 Å². The summed E-state index contributed by atoms with van der Waals surface area (Å²) in [4.78, 5) is 28.0. The Morgan fingerprint density at radius 1 is 1.18 bits per heavy atom. The number of nitrogens with zero attached hydrogens (tertiary/aromatic N) is 8. The first-order valence-corrected chi connectivity index (χ1v) is 15.0. The van der Waals surface area contributed by atoms with E-state index in [1.165, 1.54) is 10.9 Å². The second-order valence-electron chi connectivity index (χ2n) is 11.7. The van der Waals surface area contributed by atoms with E-state index >= 15 is 0 Å². The summed E-state index contributed by atoms with van der Waals surface area (Å²) in [7, 11) is 1.58. The largest absolute Gasteiger partial charge is 0.377 e. The van der Waals surface area contributed by atoms with Gasteiger partial charge in [0, 0.05) is 31.0 Å². The highest BCUT2D eigenvalue weighted by Gasteiger charge is 2.43. The number of rotatable bonds is 9.